The molecule has 2 aromatic carbocycles. The van der Waals surface area contributed by atoms with Gasteiger partial charge in [0.1, 0.15) is 5.82 Å². The van der Waals surface area contributed by atoms with Crippen LogP contribution in [0.4, 0.5) is 4.39 Å². The van der Waals surface area contributed by atoms with Gasteiger partial charge in [0.25, 0.3) is 0 Å². The van der Waals surface area contributed by atoms with E-state index in [0.717, 1.165) is 16.5 Å². The van der Waals surface area contributed by atoms with Crippen LogP contribution in [0.5, 0.6) is 0 Å². The molecule has 20 heavy (non-hydrogen) atoms. The number of H-pyrrole nitrogens is 1. The lowest BCUT2D eigenvalue weighted by Crippen LogP contribution is -1.93. The van der Waals surface area contributed by atoms with Gasteiger partial charge in [0.15, 0.2) is 5.78 Å². The van der Waals surface area contributed by atoms with E-state index in [1.807, 2.05) is 30.5 Å². The number of fused-ring (bicyclic) bond motifs is 1. The standard InChI is InChI=1S/C17H12FNO/c18-14-8-5-12(6-9-14)17(20)10-7-13-11-19-16-4-2-1-3-15(13)16/h1-11,19H/b10-7+. The van der Waals surface area contributed by atoms with Crippen LogP contribution in [0.25, 0.3) is 17.0 Å². The fourth-order valence-electron chi connectivity index (χ4n) is 2.11. The third kappa shape index (κ3) is 2.38. The zero-order valence-electron chi connectivity index (χ0n) is 10.6. The van der Waals surface area contributed by atoms with Gasteiger partial charge in [0.2, 0.25) is 0 Å². The van der Waals surface area contributed by atoms with Crippen LogP contribution in [0.2, 0.25) is 0 Å². The molecule has 0 fully saturated rings. The number of para-hydroxylation sites is 1. The molecule has 2 nitrogen and oxygen atoms in total. The van der Waals surface area contributed by atoms with Crippen LogP contribution in [0.1, 0.15) is 15.9 Å². The number of benzene rings is 2. The van der Waals surface area contributed by atoms with Crippen LogP contribution in [-0.4, -0.2) is 10.8 Å². The number of hydrogen-bond acceptors (Lipinski definition) is 1. The summed E-state index contributed by atoms with van der Waals surface area (Å²) in [6.07, 6.45) is 5.13. The van der Waals surface area contributed by atoms with Gasteiger partial charge in [-0.25, -0.2) is 4.39 Å². The number of halogens is 1. The molecule has 3 aromatic rings. The Morgan fingerprint density at radius 2 is 1.80 bits per heavy atom. The largest absolute Gasteiger partial charge is 0.361 e. The molecule has 0 amide bonds. The lowest BCUT2D eigenvalue weighted by molar-refractivity contribution is 0.104. The third-order valence-electron chi connectivity index (χ3n) is 3.16. The first kappa shape index (κ1) is 12.4. The molecule has 0 aliphatic heterocycles. The first-order valence-corrected chi connectivity index (χ1v) is 6.28. The van der Waals surface area contributed by atoms with Gasteiger partial charge < -0.3 is 4.98 Å². The fourth-order valence-corrected chi connectivity index (χ4v) is 2.11. The minimum Gasteiger partial charge on any atom is -0.361 e. The van der Waals surface area contributed by atoms with Crippen molar-refractivity contribution < 1.29 is 9.18 Å². The van der Waals surface area contributed by atoms with Crippen molar-refractivity contribution in [3.05, 3.63) is 77.7 Å². The Hall–Kier alpha value is -2.68. The normalized spacial score (nSPS) is 11.2. The van der Waals surface area contributed by atoms with E-state index in [4.69, 9.17) is 0 Å². The number of rotatable bonds is 3. The van der Waals surface area contributed by atoms with E-state index in [9.17, 15) is 9.18 Å². The Bertz CT molecular complexity index is 784. The van der Waals surface area contributed by atoms with Crippen molar-refractivity contribution in [3.8, 4) is 0 Å². The molecule has 0 atom stereocenters. The number of carbonyl (C=O) groups excluding carboxylic acids is 1. The number of nitrogens with one attached hydrogen (secondary N) is 1. The van der Waals surface area contributed by atoms with Crippen LogP contribution in [0.3, 0.4) is 0 Å². The molecule has 0 saturated heterocycles. The number of allylic oxidation sites excluding steroid dienone is 1. The average molecular weight is 265 g/mol. The highest BCUT2D eigenvalue weighted by Gasteiger charge is 2.03. The zero-order chi connectivity index (χ0) is 13.9. The van der Waals surface area contributed by atoms with Crippen molar-refractivity contribution in [2.75, 3.05) is 0 Å². The maximum atomic E-state index is 12.8. The first-order chi connectivity index (χ1) is 9.74. The second-order valence-electron chi connectivity index (χ2n) is 4.49. The summed E-state index contributed by atoms with van der Waals surface area (Å²) in [5.41, 5.74) is 2.46. The molecule has 1 aromatic heterocycles. The molecule has 98 valence electrons. The van der Waals surface area contributed by atoms with Gasteiger partial charge in [0.05, 0.1) is 0 Å². The van der Waals surface area contributed by atoms with Crippen molar-refractivity contribution in [1.82, 2.24) is 4.98 Å². The van der Waals surface area contributed by atoms with E-state index in [1.54, 1.807) is 6.08 Å². The molecule has 3 rings (SSSR count). The second-order valence-corrected chi connectivity index (χ2v) is 4.49. The predicted octanol–water partition coefficient (Wildman–Crippen LogP) is 4.20. The number of ketones is 1. The molecule has 1 heterocycles. The number of hydrogen-bond donors (Lipinski definition) is 1. The average Bonchev–Trinajstić information content (AvgIpc) is 2.89. The Morgan fingerprint density at radius 1 is 1.05 bits per heavy atom. The van der Waals surface area contributed by atoms with Gasteiger partial charge >= 0.3 is 0 Å². The number of aromatic amines is 1. The zero-order valence-corrected chi connectivity index (χ0v) is 10.6. The van der Waals surface area contributed by atoms with E-state index in [0.29, 0.717) is 5.56 Å². The molecular weight excluding hydrogens is 253 g/mol. The van der Waals surface area contributed by atoms with Gasteiger partial charge in [-0.2, -0.15) is 0 Å². The lowest BCUT2D eigenvalue weighted by Gasteiger charge is -1.95. The van der Waals surface area contributed by atoms with E-state index < -0.39 is 0 Å². The van der Waals surface area contributed by atoms with Crippen LogP contribution in [0, 0.1) is 5.82 Å². The van der Waals surface area contributed by atoms with Crippen molar-refractivity contribution >= 4 is 22.8 Å². The Balaban J connectivity index is 1.87. The van der Waals surface area contributed by atoms with Gasteiger partial charge in [-0.15, -0.1) is 0 Å². The Kier molecular flexibility index (Phi) is 3.17. The van der Waals surface area contributed by atoms with E-state index >= 15 is 0 Å². The van der Waals surface area contributed by atoms with Crippen LogP contribution < -0.4 is 0 Å². The molecule has 0 bridgehead atoms. The van der Waals surface area contributed by atoms with E-state index in [1.165, 1.54) is 30.3 Å². The Morgan fingerprint density at radius 3 is 2.60 bits per heavy atom. The van der Waals surface area contributed by atoms with Gasteiger partial charge in [-0.3, -0.25) is 4.79 Å². The molecule has 3 heteroatoms. The fraction of sp³-hybridized carbons (Fsp3) is 0. The SMILES string of the molecule is O=C(/C=C/c1c[nH]c2ccccc12)c1ccc(F)cc1. The maximum absolute atomic E-state index is 12.8. The van der Waals surface area contributed by atoms with Crippen LogP contribution in [-0.2, 0) is 0 Å². The monoisotopic (exact) mass is 265 g/mol. The number of aromatic nitrogens is 1. The second kappa shape index (κ2) is 5.13. The topological polar surface area (TPSA) is 32.9 Å². The summed E-state index contributed by atoms with van der Waals surface area (Å²) in [6.45, 7) is 0. The molecule has 0 radical (unpaired) electrons. The van der Waals surface area contributed by atoms with Crippen molar-refractivity contribution in [3.63, 3.8) is 0 Å². The molecule has 0 spiro atoms. The van der Waals surface area contributed by atoms with Crippen molar-refractivity contribution in [1.29, 1.82) is 0 Å². The molecule has 0 aliphatic rings. The number of carbonyl (C=O) groups is 1. The summed E-state index contributed by atoms with van der Waals surface area (Å²) < 4.78 is 12.8. The third-order valence-corrected chi connectivity index (χ3v) is 3.16. The summed E-state index contributed by atoms with van der Waals surface area (Å²) in [6, 6.07) is 13.4. The van der Waals surface area contributed by atoms with E-state index in [-0.39, 0.29) is 11.6 Å². The molecule has 1 N–H and O–H groups in total. The molecule has 0 saturated carbocycles. The van der Waals surface area contributed by atoms with Gasteiger partial charge in [-0.05, 0) is 48.0 Å². The van der Waals surface area contributed by atoms with Crippen LogP contribution in [0.15, 0.2) is 60.8 Å². The highest BCUT2D eigenvalue weighted by atomic mass is 19.1. The maximum Gasteiger partial charge on any atom is 0.185 e. The van der Waals surface area contributed by atoms with E-state index in [2.05, 4.69) is 4.98 Å². The van der Waals surface area contributed by atoms with Gasteiger partial charge in [-0.1, -0.05) is 18.2 Å². The summed E-state index contributed by atoms with van der Waals surface area (Å²) in [4.78, 5) is 15.1. The lowest BCUT2D eigenvalue weighted by atomic mass is 10.1. The summed E-state index contributed by atoms with van der Waals surface area (Å²) in [7, 11) is 0. The predicted molar refractivity (Wildman–Crippen MR) is 78.1 cm³/mol. The summed E-state index contributed by atoms with van der Waals surface area (Å²) >= 11 is 0. The van der Waals surface area contributed by atoms with Crippen LogP contribution >= 0.6 is 0 Å². The highest BCUT2D eigenvalue weighted by Crippen LogP contribution is 2.19. The van der Waals surface area contributed by atoms with Crippen molar-refractivity contribution in [2.24, 2.45) is 0 Å². The summed E-state index contributed by atoms with van der Waals surface area (Å²) in [5.74, 6) is -0.488. The quantitative estimate of drug-likeness (QED) is 0.558. The van der Waals surface area contributed by atoms with Crippen molar-refractivity contribution in [2.45, 2.75) is 0 Å². The minimum atomic E-state index is -0.345. The molecule has 0 aliphatic carbocycles. The smallest absolute Gasteiger partial charge is 0.185 e. The Labute approximate surface area is 115 Å². The summed E-state index contributed by atoms with van der Waals surface area (Å²) in [5, 5.41) is 1.07. The minimum absolute atomic E-state index is 0.143. The molecule has 0 unspecified atom stereocenters. The first-order valence-electron chi connectivity index (χ1n) is 6.28. The van der Waals surface area contributed by atoms with Gasteiger partial charge in [0, 0.05) is 22.7 Å². The molecular formula is C17H12FNO. The highest BCUT2D eigenvalue weighted by molar-refractivity contribution is 6.07.